The number of benzene rings is 1. The van der Waals surface area contributed by atoms with Crippen molar-refractivity contribution in [1.82, 2.24) is 19.7 Å². The van der Waals surface area contributed by atoms with Crippen molar-refractivity contribution in [3.8, 4) is 5.75 Å². The molecule has 0 bridgehead atoms. The van der Waals surface area contributed by atoms with Gasteiger partial charge in [-0.25, -0.2) is 0 Å². The number of rotatable bonds is 5. The minimum absolute atomic E-state index is 0.526. The number of hydrogen-bond donors (Lipinski definition) is 0. The molecule has 0 saturated carbocycles. The molecule has 2 aromatic rings. The van der Waals surface area contributed by atoms with Crippen LogP contribution in [0.2, 0.25) is 5.02 Å². The number of aromatic nitrogens is 3. The molecule has 1 aliphatic heterocycles. The van der Waals surface area contributed by atoms with Crippen molar-refractivity contribution in [2.45, 2.75) is 19.4 Å². The lowest BCUT2D eigenvalue weighted by molar-refractivity contribution is 0.122. The maximum Gasteiger partial charge on any atom is 0.146 e. The maximum absolute atomic E-state index is 6.13. The minimum Gasteiger partial charge on any atom is -0.492 e. The second-order valence-corrected chi connectivity index (χ2v) is 6.25. The molecule has 1 unspecified atom stereocenters. The van der Waals surface area contributed by atoms with Crippen LogP contribution in [0.3, 0.4) is 0 Å². The second-order valence-electron chi connectivity index (χ2n) is 5.84. The van der Waals surface area contributed by atoms with Crippen LogP contribution in [0.25, 0.3) is 0 Å². The van der Waals surface area contributed by atoms with Crippen molar-refractivity contribution in [2.24, 2.45) is 13.0 Å². The summed E-state index contributed by atoms with van der Waals surface area (Å²) in [6.07, 6.45) is 4.13. The van der Waals surface area contributed by atoms with Crippen LogP contribution in [0.4, 0.5) is 0 Å². The van der Waals surface area contributed by atoms with Gasteiger partial charge in [-0.15, -0.1) is 10.2 Å². The fourth-order valence-corrected chi connectivity index (χ4v) is 3.04. The van der Waals surface area contributed by atoms with Gasteiger partial charge in [-0.2, -0.15) is 0 Å². The first-order valence-electron chi connectivity index (χ1n) is 7.65. The Hall–Kier alpha value is -1.59. The van der Waals surface area contributed by atoms with E-state index in [0.29, 0.717) is 17.5 Å². The van der Waals surface area contributed by atoms with E-state index in [-0.39, 0.29) is 0 Å². The van der Waals surface area contributed by atoms with E-state index >= 15 is 0 Å². The van der Waals surface area contributed by atoms with Gasteiger partial charge in [-0.3, -0.25) is 4.90 Å². The zero-order chi connectivity index (χ0) is 15.4. The number of ether oxygens (including phenoxy) is 1. The lowest BCUT2D eigenvalue weighted by atomic mass is 9.99. The van der Waals surface area contributed by atoms with Crippen LogP contribution in [-0.2, 0) is 13.6 Å². The Labute approximate surface area is 135 Å². The molecule has 1 saturated heterocycles. The van der Waals surface area contributed by atoms with E-state index in [9.17, 15) is 0 Å². The molecule has 5 nitrogen and oxygen atoms in total. The van der Waals surface area contributed by atoms with E-state index in [2.05, 4.69) is 15.1 Å². The van der Waals surface area contributed by atoms with Gasteiger partial charge in [-0.1, -0.05) is 23.7 Å². The monoisotopic (exact) mass is 320 g/mol. The molecule has 22 heavy (non-hydrogen) atoms. The highest BCUT2D eigenvalue weighted by molar-refractivity contribution is 6.32. The molecule has 1 atom stereocenters. The third-order valence-corrected chi connectivity index (χ3v) is 4.40. The topological polar surface area (TPSA) is 43.2 Å². The Morgan fingerprint density at radius 3 is 3.00 bits per heavy atom. The molecular weight excluding hydrogens is 300 g/mol. The minimum atomic E-state index is 0.526. The van der Waals surface area contributed by atoms with Gasteiger partial charge in [0, 0.05) is 19.5 Å². The Balaban J connectivity index is 1.52. The molecule has 0 aliphatic carbocycles. The summed E-state index contributed by atoms with van der Waals surface area (Å²) in [4.78, 5) is 2.42. The highest BCUT2D eigenvalue weighted by atomic mass is 35.5. The van der Waals surface area contributed by atoms with Gasteiger partial charge in [0.1, 0.15) is 17.9 Å². The van der Waals surface area contributed by atoms with Gasteiger partial charge in [0.15, 0.2) is 0 Å². The van der Waals surface area contributed by atoms with Crippen molar-refractivity contribution in [3.05, 3.63) is 41.4 Å². The molecule has 0 radical (unpaired) electrons. The molecule has 0 spiro atoms. The fourth-order valence-electron chi connectivity index (χ4n) is 2.85. The number of halogens is 1. The molecule has 1 aromatic carbocycles. The van der Waals surface area contributed by atoms with Crippen molar-refractivity contribution in [2.75, 3.05) is 19.7 Å². The predicted octanol–water partition coefficient (Wildman–Crippen LogP) is 2.76. The van der Waals surface area contributed by atoms with Crippen molar-refractivity contribution in [3.63, 3.8) is 0 Å². The Morgan fingerprint density at radius 1 is 1.36 bits per heavy atom. The van der Waals surface area contributed by atoms with E-state index in [1.165, 1.54) is 12.8 Å². The second kappa shape index (κ2) is 7.11. The third-order valence-electron chi connectivity index (χ3n) is 4.08. The van der Waals surface area contributed by atoms with Gasteiger partial charge in [0.2, 0.25) is 0 Å². The van der Waals surface area contributed by atoms with E-state index in [0.717, 1.165) is 31.2 Å². The quantitative estimate of drug-likeness (QED) is 0.849. The van der Waals surface area contributed by atoms with Crippen LogP contribution in [0.1, 0.15) is 18.7 Å². The summed E-state index contributed by atoms with van der Waals surface area (Å²) >= 11 is 6.13. The van der Waals surface area contributed by atoms with Crippen LogP contribution >= 0.6 is 11.6 Å². The molecule has 1 aliphatic rings. The van der Waals surface area contributed by atoms with Crippen molar-refractivity contribution < 1.29 is 4.74 Å². The first-order chi connectivity index (χ1) is 10.7. The average molecular weight is 321 g/mol. The summed E-state index contributed by atoms with van der Waals surface area (Å²) in [5, 5.41) is 8.78. The van der Waals surface area contributed by atoms with Crippen LogP contribution in [0.5, 0.6) is 5.75 Å². The molecule has 0 amide bonds. The van der Waals surface area contributed by atoms with E-state index in [4.69, 9.17) is 16.3 Å². The molecular formula is C16H21ClN4O. The van der Waals surface area contributed by atoms with Crippen LogP contribution in [0.15, 0.2) is 30.6 Å². The number of nitrogens with zero attached hydrogens (tertiary/aromatic N) is 4. The van der Waals surface area contributed by atoms with Crippen LogP contribution < -0.4 is 4.74 Å². The zero-order valence-corrected chi connectivity index (χ0v) is 13.5. The van der Waals surface area contributed by atoms with Gasteiger partial charge < -0.3 is 9.30 Å². The normalized spacial score (nSPS) is 19.3. The molecule has 1 fully saturated rings. The van der Waals surface area contributed by atoms with E-state index in [1.54, 1.807) is 6.33 Å². The van der Waals surface area contributed by atoms with Gasteiger partial charge in [-0.05, 0) is 31.5 Å². The Kier molecular flexibility index (Phi) is 4.95. The number of hydrogen-bond acceptors (Lipinski definition) is 4. The summed E-state index contributed by atoms with van der Waals surface area (Å²) in [6, 6.07) is 7.64. The molecule has 2 heterocycles. The summed E-state index contributed by atoms with van der Waals surface area (Å²) in [5.41, 5.74) is 0. The standard InChI is InChI=1S/C16H21ClN4O/c1-20-12-18-19-16(20)10-21-8-4-5-13(9-21)11-22-15-7-3-2-6-14(15)17/h2-3,6-7,12-13H,4-5,8-11H2,1H3. The number of para-hydroxylation sites is 1. The van der Waals surface area contributed by atoms with Gasteiger partial charge >= 0.3 is 0 Å². The summed E-state index contributed by atoms with van der Waals surface area (Å²) in [7, 11) is 1.98. The van der Waals surface area contributed by atoms with Crippen LogP contribution in [0, 0.1) is 5.92 Å². The lowest BCUT2D eigenvalue weighted by Gasteiger charge is -2.32. The van der Waals surface area contributed by atoms with E-state index < -0.39 is 0 Å². The Morgan fingerprint density at radius 2 is 2.23 bits per heavy atom. The van der Waals surface area contributed by atoms with Gasteiger partial charge in [0.05, 0.1) is 18.2 Å². The predicted molar refractivity (Wildman–Crippen MR) is 86.0 cm³/mol. The molecule has 3 rings (SSSR count). The van der Waals surface area contributed by atoms with Crippen molar-refractivity contribution >= 4 is 11.6 Å². The van der Waals surface area contributed by atoms with Crippen molar-refractivity contribution in [1.29, 1.82) is 0 Å². The fraction of sp³-hybridized carbons (Fsp3) is 0.500. The highest BCUT2D eigenvalue weighted by Crippen LogP contribution is 2.25. The summed E-state index contributed by atoms with van der Waals surface area (Å²) in [5.74, 6) is 2.31. The summed E-state index contributed by atoms with van der Waals surface area (Å²) in [6.45, 7) is 3.69. The molecule has 6 heteroatoms. The molecule has 1 aromatic heterocycles. The first kappa shape index (κ1) is 15.3. The number of piperidine rings is 1. The summed E-state index contributed by atoms with van der Waals surface area (Å²) < 4.78 is 7.87. The lowest BCUT2D eigenvalue weighted by Crippen LogP contribution is -2.37. The SMILES string of the molecule is Cn1cnnc1CN1CCCC(COc2ccccc2Cl)C1. The third kappa shape index (κ3) is 3.78. The number of aryl methyl sites for hydroxylation is 1. The average Bonchev–Trinajstić information content (AvgIpc) is 2.92. The molecule has 0 N–H and O–H groups in total. The highest BCUT2D eigenvalue weighted by Gasteiger charge is 2.22. The zero-order valence-electron chi connectivity index (χ0n) is 12.8. The van der Waals surface area contributed by atoms with Gasteiger partial charge in [0.25, 0.3) is 0 Å². The molecule has 118 valence electrons. The Bertz CT molecular complexity index is 616. The van der Waals surface area contributed by atoms with Crippen LogP contribution in [-0.4, -0.2) is 39.4 Å². The van der Waals surface area contributed by atoms with E-state index in [1.807, 2.05) is 35.9 Å². The maximum atomic E-state index is 6.13. The number of likely N-dealkylation sites (tertiary alicyclic amines) is 1. The smallest absolute Gasteiger partial charge is 0.146 e. The largest absolute Gasteiger partial charge is 0.492 e. The first-order valence-corrected chi connectivity index (χ1v) is 8.02.